The summed E-state index contributed by atoms with van der Waals surface area (Å²) in [5, 5.41) is 2.92. The molecule has 0 saturated heterocycles. The number of carbonyl (C=O) groups is 2. The number of benzene rings is 2. The van der Waals surface area contributed by atoms with Crippen LogP contribution in [0.15, 0.2) is 77.4 Å². The van der Waals surface area contributed by atoms with E-state index in [1.54, 1.807) is 29.0 Å². The van der Waals surface area contributed by atoms with E-state index in [9.17, 15) is 9.59 Å². The summed E-state index contributed by atoms with van der Waals surface area (Å²) in [4.78, 5) is 27.6. The molecule has 0 aliphatic carbocycles. The maximum Gasteiger partial charge on any atom is 0.255 e. The normalized spacial score (nSPS) is 13.9. The molecule has 0 saturated carbocycles. The quantitative estimate of drug-likeness (QED) is 0.617. The van der Waals surface area contributed by atoms with Gasteiger partial charge in [0.1, 0.15) is 11.8 Å². The fraction of sp³-hybridized carbons (Fsp3) is 0.217. The first kappa shape index (κ1) is 19.3. The molecule has 1 aliphatic rings. The smallest absolute Gasteiger partial charge is 0.255 e. The third-order valence-corrected chi connectivity index (χ3v) is 6.02. The van der Waals surface area contributed by atoms with Crippen LogP contribution in [-0.2, 0) is 23.6 Å². The Bertz CT molecular complexity index is 973. The molecule has 4 rings (SSSR count). The van der Waals surface area contributed by atoms with Crippen molar-refractivity contribution in [1.82, 2.24) is 10.2 Å². The van der Waals surface area contributed by atoms with Gasteiger partial charge in [0.05, 0.1) is 12.8 Å². The van der Waals surface area contributed by atoms with E-state index in [0.29, 0.717) is 30.2 Å². The summed E-state index contributed by atoms with van der Waals surface area (Å²) in [5.74, 6) is 1.75. The highest BCUT2D eigenvalue weighted by atomic mass is 32.2. The van der Waals surface area contributed by atoms with Gasteiger partial charge in [0.15, 0.2) is 0 Å². The molecule has 1 atom stereocenters. The number of hydrogen-bond acceptors (Lipinski definition) is 4. The first-order chi connectivity index (χ1) is 14.2. The third kappa shape index (κ3) is 4.54. The molecule has 0 spiro atoms. The molecule has 148 valence electrons. The van der Waals surface area contributed by atoms with Gasteiger partial charge in [-0.05, 0) is 29.3 Å². The predicted molar refractivity (Wildman–Crippen MR) is 113 cm³/mol. The molecule has 1 aromatic heterocycles. The van der Waals surface area contributed by atoms with Crippen molar-refractivity contribution in [2.45, 2.75) is 24.9 Å². The van der Waals surface area contributed by atoms with Crippen molar-refractivity contribution in [3.8, 4) is 0 Å². The molecule has 0 fully saturated rings. The Hall–Kier alpha value is -2.99. The van der Waals surface area contributed by atoms with Crippen LogP contribution in [0.3, 0.4) is 0 Å². The molecule has 1 aliphatic heterocycles. The largest absolute Gasteiger partial charge is 0.467 e. The van der Waals surface area contributed by atoms with Gasteiger partial charge in [-0.3, -0.25) is 9.59 Å². The van der Waals surface area contributed by atoms with Crippen LogP contribution in [0.4, 0.5) is 0 Å². The SMILES string of the molecule is O=C(NCc1ccco1)[C@@H](CSCc1ccccc1)N1Cc2ccccc2C1=O. The van der Waals surface area contributed by atoms with E-state index in [4.69, 9.17) is 4.42 Å². The highest BCUT2D eigenvalue weighted by Crippen LogP contribution is 2.26. The summed E-state index contributed by atoms with van der Waals surface area (Å²) >= 11 is 1.66. The van der Waals surface area contributed by atoms with E-state index < -0.39 is 6.04 Å². The second-order valence-electron chi connectivity index (χ2n) is 6.90. The zero-order valence-corrected chi connectivity index (χ0v) is 16.7. The summed E-state index contributed by atoms with van der Waals surface area (Å²) in [5.41, 5.74) is 2.85. The average molecular weight is 407 g/mol. The zero-order chi connectivity index (χ0) is 20.1. The summed E-state index contributed by atoms with van der Waals surface area (Å²) in [7, 11) is 0. The molecule has 6 heteroatoms. The van der Waals surface area contributed by atoms with E-state index in [1.807, 2.05) is 48.5 Å². The van der Waals surface area contributed by atoms with Crippen molar-refractivity contribution >= 4 is 23.6 Å². The summed E-state index contributed by atoms with van der Waals surface area (Å²) < 4.78 is 5.30. The van der Waals surface area contributed by atoms with Crippen LogP contribution in [0.2, 0.25) is 0 Å². The standard InChI is InChI=1S/C23H22N2O3S/c26-22(24-13-19-10-6-12-28-19)21(16-29-15-17-7-2-1-3-8-17)25-14-18-9-4-5-11-20(18)23(25)27/h1-12,21H,13-16H2,(H,24,26)/t21-/m1/s1. The van der Waals surface area contributed by atoms with Gasteiger partial charge >= 0.3 is 0 Å². The minimum absolute atomic E-state index is 0.0842. The number of amides is 2. The van der Waals surface area contributed by atoms with Crippen LogP contribution < -0.4 is 5.32 Å². The van der Waals surface area contributed by atoms with Crippen molar-refractivity contribution in [3.05, 3.63) is 95.4 Å². The van der Waals surface area contributed by atoms with Gasteiger partial charge in [0, 0.05) is 23.6 Å². The van der Waals surface area contributed by atoms with E-state index in [0.717, 1.165) is 11.3 Å². The Morgan fingerprint density at radius 1 is 1.07 bits per heavy atom. The van der Waals surface area contributed by atoms with E-state index in [2.05, 4.69) is 17.4 Å². The Kier molecular flexibility index (Phi) is 6.00. The maximum atomic E-state index is 13.0. The van der Waals surface area contributed by atoms with Crippen LogP contribution in [0, 0.1) is 0 Å². The van der Waals surface area contributed by atoms with Gasteiger partial charge in [-0.1, -0.05) is 48.5 Å². The lowest BCUT2D eigenvalue weighted by atomic mass is 10.1. The van der Waals surface area contributed by atoms with E-state index in [-0.39, 0.29) is 11.8 Å². The van der Waals surface area contributed by atoms with Crippen LogP contribution in [0.25, 0.3) is 0 Å². The minimum atomic E-state index is -0.543. The molecule has 3 aromatic rings. The van der Waals surface area contributed by atoms with Crippen molar-refractivity contribution in [1.29, 1.82) is 0 Å². The van der Waals surface area contributed by atoms with E-state index >= 15 is 0 Å². The molecule has 2 amide bonds. The highest BCUT2D eigenvalue weighted by Gasteiger charge is 2.36. The lowest BCUT2D eigenvalue weighted by Crippen LogP contribution is -2.48. The molecule has 0 radical (unpaired) electrons. The zero-order valence-electron chi connectivity index (χ0n) is 15.9. The molecule has 29 heavy (non-hydrogen) atoms. The second kappa shape index (κ2) is 9.01. The van der Waals surface area contributed by atoms with Gasteiger partial charge in [-0.25, -0.2) is 0 Å². The molecule has 1 N–H and O–H groups in total. The highest BCUT2D eigenvalue weighted by molar-refractivity contribution is 7.98. The topological polar surface area (TPSA) is 62.6 Å². The van der Waals surface area contributed by atoms with Gasteiger partial charge in [-0.2, -0.15) is 11.8 Å². The van der Waals surface area contributed by atoms with Crippen LogP contribution >= 0.6 is 11.8 Å². The summed E-state index contributed by atoms with van der Waals surface area (Å²) in [6, 6.07) is 20.7. The Balaban J connectivity index is 1.46. The number of nitrogens with one attached hydrogen (secondary N) is 1. The number of thioether (sulfide) groups is 1. The van der Waals surface area contributed by atoms with Crippen molar-refractivity contribution in [2.75, 3.05) is 5.75 Å². The molecule has 2 heterocycles. The Morgan fingerprint density at radius 3 is 2.62 bits per heavy atom. The predicted octanol–water partition coefficient (Wildman–Crippen LogP) is 3.85. The lowest BCUT2D eigenvalue weighted by molar-refractivity contribution is -0.125. The molecule has 0 unspecified atom stereocenters. The molecule has 2 aromatic carbocycles. The van der Waals surface area contributed by atoms with Crippen molar-refractivity contribution in [3.63, 3.8) is 0 Å². The number of hydrogen-bond donors (Lipinski definition) is 1. The molecule has 5 nitrogen and oxygen atoms in total. The minimum Gasteiger partial charge on any atom is -0.467 e. The first-order valence-corrected chi connectivity index (χ1v) is 10.7. The first-order valence-electron chi connectivity index (χ1n) is 9.53. The van der Waals surface area contributed by atoms with Gasteiger partial charge in [-0.15, -0.1) is 0 Å². The molecule has 0 bridgehead atoms. The fourth-order valence-electron chi connectivity index (χ4n) is 3.40. The van der Waals surface area contributed by atoms with Crippen molar-refractivity contribution in [2.24, 2.45) is 0 Å². The van der Waals surface area contributed by atoms with Crippen molar-refractivity contribution < 1.29 is 14.0 Å². The van der Waals surface area contributed by atoms with Crippen LogP contribution in [0.5, 0.6) is 0 Å². The Morgan fingerprint density at radius 2 is 1.86 bits per heavy atom. The maximum absolute atomic E-state index is 13.0. The summed E-state index contributed by atoms with van der Waals surface area (Å²) in [6.07, 6.45) is 1.58. The number of rotatable bonds is 8. The monoisotopic (exact) mass is 406 g/mol. The Labute approximate surface area is 174 Å². The second-order valence-corrected chi connectivity index (χ2v) is 7.93. The van der Waals surface area contributed by atoms with Gasteiger partial charge < -0.3 is 14.6 Å². The number of nitrogens with zero attached hydrogens (tertiary/aromatic N) is 1. The molecular formula is C23H22N2O3S. The lowest BCUT2D eigenvalue weighted by Gasteiger charge is -2.26. The number of furan rings is 1. The summed E-state index contributed by atoms with van der Waals surface area (Å²) in [6.45, 7) is 0.764. The average Bonchev–Trinajstić information content (AvgIpc) is 3.39. The third-order valence-electron chi connectivity index (χ3n) is 4.93. The van der Waals surface area contributed by atoms with Crippen LogP contribution in [0.1, 0.15) is 27.2 Å². The number of carbonyl (C=O) groups excluding carboxylic acids is 2. The number of fused-ring (bicyclic) bond motifs is 1. The van der Waals surface area contributed by atoms with E-state index in [1.165, 1.54) is 5.56 Å². The fourth-order valence-corrected chi connectivity index (χ4v) is 4.50. The van der Waals surface area contributed by atoms with Gasteiger partial charge in [0.2, 0.25) is 5.91 Å². The van der Waals surface area contributed by atoms with Crippen LogP contribution in [-0.4, -0.2) is 28.5 Å². The molecular weight excluding hydrogens is 384 g/mol. The van der Waals surface area contributed by atoms with Gasteiger partial charge in [0.25, 0.3) is 5.91 Å².